The molecule has 1 amide bonds. The predicted molar refractivity (Wildman–Crippen MR) is 121 cm³/mol. The van der Waals surface area contributed by atoms with Crippen LogP contribution in [0.15, 0.2) is 4.99 Å². The van der Waals surface area contributed by atoms with Crippen LogP contribution in [0.25, 0.3) is 0 Å². The lowest BCUT2D eigenvalue weighted by atomic mass is 10.2. The van der Waals surface area contributed by atoms with Gasteiger partial charge in [0.15, 0.2) is 5.96 Å². The lowest BCUT2D eigenvalue weighted by Crippen LogP contribution is -2.44. The van der Waals surface area contributed by atoms with Crippen molar-refractivity contribution in [2.24, 2.45) is 10.9 Å². The quantitative estimate of drug-likeness (QED) is 0.258. The first-order valence-corrected chi connectivity index (χ1v) is 10.8. The van der Waals surface area contributed by atoms with Crippen molar-refractivity contribution in [2.75, 3.05) is 25.4 Å². The SMILES string of the molecule is CCNC(=NCC(NC(=O)OCC)C1CC1)NC1CCC(SCC)C1.I. The van der Waals surface area contributed by atoms with Crippen molar-refractivity contribution >= 4 is 47.8 Å². The third-order valence-corrected chi connectivity index (χ3v) is 5.92. The van der Waals surface area contributed by atoms with Crippen LogP contribution in [0.3, 0.4) is 0 Å². The van der Waals surface area contributed by atoms with Crippen LogP contribution >= 0.6 is 35.7 Å². The van der Waals surface area contributed by atoms with Crippen molar-refractivity contribution < 1.29 is 9.53 Å². The predicted octanol–water partition coefficient (Wildman–Crippen LogP) is 3.36. The van der Waals surface area contributed by atoms with Gasteiger partial charge in [-0.3, -0.25) is 4.99 Å². The Kier molecular flexibility index (Phi) is 11.7. The second-order valence-corrected chi connectivity index (χ2v) is 8.34. The van der Waals surface area contributed by atoms with Gasteiger partial charge in [0, 0.05) is 17.8 Å². The molecule has 0 aromatic rings. The monoisotopic (exact) mass is 498 g/mol. The molecule has 2 rings (SSSR count). The van der Waals surface area contributed by atoms with Gasteiger partial charge in [0.2, 0.25) is 0 Å². The molecule has 0 aromatic carbocycles. The molecule has 3 N–H and O–H groups in total. The number of amides is 1. The number of aliphatic imine (C=N–C) groups is 1. The molecule has 0 radical (unpaired) electrons. The van der Waals surface area contributed by atoms with Crippen LogP contribution in [-0.2, 0) is 4.74 Å². The highest BCUT2D eigenvalue weighted by Gasteiger charge is 2.32. The van der Waals surface area contributed by atoms with E-state index in [1.807, 2.05) is 6.92 Å². The van der Waals surface area contributed by atoms with Gasteiger partial charge in [0.1, 0.15) is 0 Å². The molecule has 0 aromatic heterocycles. The van der Waals surface area contributed by atoms with Gasteiger partial charge in [-0.15, -0.1) is 24.0 Å². The summed E-state index contributed by atoms with van der Waals surface area (Å²) in [5.74, 6) is 2.59. The summed E-state index contributed by atoms with van der Waals surface area (Å²) in [5, 5.41) is 10.7. The number of hydrogen-bond donors (Lipinski definition) is 3. The van der Waals surface area contributed by atoms with Crippen LogP contribution < -0.4 is 16.0 Å². The number of alkyl carbamates (subject to hydrolysis) is 1. The van der Waals surface area contributed by atoms with Crippen molar-refractivity contribution in [3.8, 4) is 0 Å². The van der Waals surface area contributed by atoms with Crippen molar-refractivity contribution in [2.45, 2.75) is 70.2 Å². The number of carbonyl (C=O) groups is 1. The molecule has 2 aliphatic rings. The molecule has 8 heteroatoms. The minimum Gasteiger partial charge on any atom is -0.450 e. The van der Waals surface area contributed by atoms with Gasteiger partial charge >= 0.3 is 6.09 Å². The number of ether oxygens (including phenoxy) is 1. The first-order chi connectivity index (χ1) is 12.2. The number of halogens is 1. The van der Waals surface area contributed by atoms with Crippen LogP contribution in [0.2, 0.25) is 0 Å². The standard InChI is InChI=1S/C18H34N4O2S.HI/c1-4-19-17(21-14-9-10-15(11-14)25-6-3)20-12-16(13-7-8-13)22-18(23)24-5-2;/h13-16H,4-12H2,1-3H3,(H,22,23)(H2,19,20,21);1H. The molecule has 0 heterocycles. The zero-order valence-electron chi connectivity index (χ0n) is 16.3. The summed E-state index contributed by atoms with van der Waals surface area (Å²) >= 11 is 2.06. The Bertz CT molecular complexity index is 449. The highest BCUT2D eigenvalue weighted by molar-refractivity contribution is 14.0. The largest absolute Gasteiger partial charge is 0.450 e. The number of rotatable bonds is 9. The van der Waals surface area contributed by atoms with Gasteiger partial charge in [-0.25, -0.2) is 4.79 Å². The Morgan fingerprint density at radius 1 is 1.23 bits per heavy atom. The van der Waals surface area contributed by atoms with Crippen LogP contribution in [0.4, 0.5) is 4.79 Å². The van der Waals surface area contributed by atoms with Crippen LogP contribution in [0.1, 0.15) is 52.9 Å². The molecule has 0 bridgehead atoms. The molecule has 6 nitrogen and oxygen atoms in total. The van der Waals surface area contributed by atoms with E-state index in [2.05, 4.69) is 41.6 Å². The molecule has 0 aliphatic heterocycles. The molecular weight excluding hydrogens is 463 g/mol. The topological polar surface area (TPSA) is 74.8 Å². The van der Waals surface area contributed by atoms with E-state index in [-0.39, 0.29) is 36.1 Å². The first-order valence-electron chi connectivity index (χ1n) is 9.75. The number of guanidine groups is 1. The summed E-state index contributed by atoms with van der Waals surface area (Å²) in [4.78, 5) is 16.5. The number of nitrogens with zero attached hydrogens (tertiary/aromatic N) is 1. The van der Waals surface area contributed by atoms with E-state index in [0.29, 0.717) is 25.1 Å². The maximum Gasteiger partial charge on any atom is 0.407 e. The molecular formula is C18H35IN4O2S. The summed E-state index contributed by atoms with van der Waals surface area (Å²) in [7, 11) is 0. The third kappa shape index (κ3) is 8.54. The van der Waals surface area contributed by atoms with E-state index in [4.69, 9.17) is 9.73 Å². The Morgan fingerprint density at radius 2 is 2.00 bits per heavy atom. The Morgan fingerprint density at radius 3 is 2.62 bits per heavy atom. The van der Waals surface area contributed by atoms with E-state index >= 15 is 0 Å². The smallest absolute Gasteiger partial charge is 0.407 e. The first kappa shape index (κ1) is 23.7. The molecule has 3 unspecified atom stereocenters. The van der Waals surface area contributed by atoms with Crippen molar-refractivity contribution in [1.29, 1.82) is 0 Å². The minimum absolute atomic E-state index is 0. The summed E-state index contributed by atoms with van der Waals surface area (Å²) < 4.78 is 5.01. The van der Waals surface area contributed by atoms with E-state index in [1.165, 1.54) is 25.0 Å². The van der Waals surface area contributed by atoms with Gasteiger partial charge in [-0.2, -0.15) is 11.8 Å². The maximum atomic E-state index is 11.7. The summed E-state index contributed by atoms with van der Waals surface area (Å²) in [6.07, 6.45) is 5.68. The Labute approximate surface area is 179 Å². The highest BCUT2D eigenvalue weighted by atomic mass is 127. The van der Waals surface area contributed by atoms with Crippen LogP contribution in [0, 0.1) is 5.92 Å². The van der Waals surface area contributed by atoms with Crippen molar-refractivity contribution in [3.63, 3.8) is 0 Å². The molecule has 2 aliphatic carbocycles. The number of thioether (sulfide) groups is 1. The second kappa shape index (κ2) is 12.9. The molecule has 152 valence electrons. The van der Waals surface area contributed by atoms with Gasteiger partial charge < -0.3 is 20.7 Å². The lowest BCUT2D eigenvalue weighted by molar-refractivity contribution is 0.147. The molecule has 0 saturated heterocycles. The molecule has 3 atom stereocenters. The van der Waals surface area contributed by atoms with Gasteiger partial charge in [0.05, 0.1) is 19.2 Å². The Balaban J connectivity index is 0.00000338. The number of hydrogen-bond acceptors (Lipinski definition) is 4. The summed E-state index contributed by atoms with van der Waals surface area (Å²) in [6.45, 7) is 7.96. The van der Waals surface area contributed by atoms with E-state index < -0.39 is 0 Å². The molecule has 2 saturated carbocycles. The van der Waals surface area contributed by atoms with Crippen molar-refractivity contribution in [3.05, 3.63) is 0 Å². The zero-order valence-corrected chi connectivity index (χ0v) is 19.4. The zero-order chi connectivity index (χ0) is 18.1. The normalized spacial score (nSPS) is 23.7. The fourth-order valence-electron chi connectivity index (χ4n) is 3.30. The summed E-state index contributed by atoms with van der Waals surface area (Å²) in [5.41, 5.74) is 0. The minimum atomic E-state index is -0.331. The van der Waals surface area contributed by atoms with Crippen LogP contribution in [0.5, 0.6) is 0 Å². The van der Waals surface area contributed by atoms with Gasteiger partial charge in [-0.1, -0.05) is 6.92 Å². The fourth-order valence-corrected chi connectivity index (χ4v) is 4.44. The van der Waals surface area contributed by atoms with E-state index in [1.54, 1.807) is 0 Å². The number of carbonyl (C=O) groups excluding carboxylic acids is 1. The van der Waals surface area contributed by atoms with Gasteiger partial charge in [-0.05, 0) is 57.6 Å². The van der Waals surface area contributed by atoms with E-state index in [0.717, 1.165) is 30.6 Å². The van der Waals surface area contributed by atoms with Crippen LogP contribution in [-0.4, -0.2) is 54.8 Å². The van der Waals surface area contributed by atoms with Crippen molar-refractivity contribution in [1.82, 2.24) is 16.0 Å². The molecule has 2 fully saturated rings. The van der Waals surface area contributed by atoms with E-state index in [9.17, 15) is 4.79 Å². The third-order valence-electron chi connectivity index (χ3n) is 4.69. The average Bonchev–Trinajstić information content (AvgIpc) is 3.33. The maximum absolute atomic E-state index is 11.7. The molecule has 26 heavy (non-hydrogen) atoms. The lowest BCUT2D eigenvalue weighted by Gasteiger charge is -2.20. The van der Waals surface area contributed by atoms with Gasteiger partial charge in [0.25, 0.3) is 0 Å². The fraction of sp³-hybridized carbons (Fsp3) is 0.889. The average molecular weight is 498 g/mol. The molecule has 0 spiro atoms. The Hall–Kier alpha value is -0.380. The number of nitrogens with one attached hydrogen (secondary N) is 3. The highest BCUT2D eigenvalue weighted by Crippen LogP contribution is 2.33. The second-order valence-electron chi connectivity index (χ2n) is 6.76. The summed E-state index contributed by atoms with van der Waals surface area (Å²) in [6, 6.07) is 0.570.